The summed E-state index contributed by atoms with van der Waals surface area (Å²) in [5, 5.41) is 12.5. The maximum Gasteiger partial charge on any atom is 0.175 e. The fourth-order valence-corrected chi connectivity index (χ4v) is 3.22. The lowest BCUT2D eigenvalue weighted by atomic mass is 9.78. The van der Waals surface area contributed by atoms with E-state index in [0.717, 1.165) is 22.3 Å². The maximum atomic E-state index is 11.5. The standard InChI is InChI=1S/C17H15NO3S/c1-22(20,21)14-9-7-12(8-10-14)15-11-16(18-19)17(15)13-5-3-2-4-6-13/h2-10,19H,11H2,1H3. The number of hydrogen-bond donors (Lipinski definition) is 1. The Morgan fingerprint density at radius 1 is 0.955 bits per heavy atom. The largest absolute Gasteiger partial charge is 0.411 e. The molecule has 0 unspecified atom stereocenters. The summed E-state index contributed by atoms with van der Waals surface area (Å²) in [6.45, 7) is 0. The Bertz CT molecular complexity index is 864. The van der Waals surface area contributed by atoms with E-state index in [1.165, 1.54) is 6.26 Å². The van der Waals surface area contributed by atoms with E-state index in [1.54, 1.807) is 24.3 Å². The molecule has 2 aromatic rings. The minimum atomic E-state index is -3.19. The molecule has 1 N–H and O–H groups in total. The van der Waals surface area contributed by atoms with Gasteiger partial charge in [-0.25, -0.2) is 8.42 Å². The van der Waals surface area contributed by atoms with Crippen molar-refractivity contribution in [2.45, 2.75) is 11.3 Å². The Kier molecular flexibility index (Phi) is 3.58. The van der Waals surface area contributed by atoms with Crippen LogP contribution >= 0.6 is 0 Å². The van der Waals surface area contributed by atoms with Gasteiger partial charge in [-0.1, -0.05) is 47.6 Å². The molecule has 0 amide bonds. The van der Waals surface area contributed by atoms with Crippen LogP contribution in [0.4, 0.5) is 0 Å². The van der Waals surface area contributed by atoms with E-state index in [4.69, 9.17) is 5.21 Å². The molecule has 112 valence electrons. The first-order chi connectivity index (χ1) is 10.5. The van der Waals surface area contributed by atoms with E-state index in [9.17, 15) is 8.42 Å². The zero-order valence-corrected chi connectivity index (χ0v) is 12.8. The van der Waals surface area contributed by atoms with Gasteiger partial charge in [0.05, 0.1) is 10.6 Å². The molecule has 4 nitrogen and oxygen atoms in total. The van der Waals surface area contributed by atoms with Gasteiger partial charge in [0, 0.05) is 18.2 Å². The van der Waals surface area contributed by atoms with Crippen molar-refractivity contribution in [3.8, 4) is 0 Å². The zero-order valence-electron chi connectivity index (χ0n) is 12.0. The fraction of sp³-hybridized carbons (Fsp3) is 0.118. The molecule has 0 bridgehead atoms. The molecule has 1 aliphatic carbocycles. The van der Waals surface area contributed by atoms with Gasteiger partial charge in [-0.2, -0.15) is 0 Å². The number of sulfone groups is 1. The molecule has 0 aliphatic heterocycles. The van der Waals surface area contributed by atoms with Crippen molar-refractivity contribution in [3.05, 3.63) is 65.7 Å². The number of hydrogen-bond acceptors (Lipinski definition) is 4. The topological polar surface area (TPSA) is 66.7 Å². The lowest BCUT2D eigenvalue weighted by Gasteiger charge is -2.26. The summed E-state index contributed by atoms with van der Waals surface area (Å²) < 4.78 is 23.0. The molecule has 0 aromatic heterocycles. The fourth-order valence-electron chi connectivity index (χ4n) is 2.59. The number of rotatable bonds is 3. The summed E-state index contributed by atoms with van der Waals surface area (Å²) in [4.78, 5) is 0.300. The minimum Gasteiger partial charge on any atom is -0.411 e. The van der Waals surface area contributed by atoms with Crippen LogP contribution in [0.15, 0.2) is 64.6 Å². The summed E-state index contributed by atoms with van der Waals surface area (Å²) in [6.07, 6.45) is 1.76. The lowest BCUT2D eigenvalue weighted by molar-refractivity contribution is 0.318. The van der Waals surface area contributed by atoms with Crippen LogP contribution in [0.3, 0.4) is 0 Å². The molecule has 0 saturated heterocycles. The molecule has 22 heavy (non-hydrogen) atoms. The summed E-state index contributed by atoms with van der Waals surface area (Å²) in [7, 11) is -3.19. The third-order valence-corrected chi connectivity index (χ3v) is 4.88. The Morgan fingerprint density at radius 3 is 2.14 bits per heavy atom. The van der Waals surface area contributed by atoms with Gasteiger partial charge in [0.1, 0.15) is 0 Å². The van der Waals surface area contributed by atoms with Crippen LogP contribution in [0.25, 0.3) is 11.1 Å². The first kappa shape index (κ1) is 14.5. The molecule has 5 heteroatoms. The normalized spacial score (nSPS) is 16.7. The van der Waals surface area contributed by atoms with Crippen LogP contribution in [0.5, 0.6) is 0 Å². The van der Waals surface area contributed by atoms with Gasteiger partial charge in [-0.05, 0) is 28.8 Å². The second-order valence-corrected chi connectivity index (χ2v) is 7.26. The third-order valence-electron chi connectivity index (χ3n) is 3.75. The van der Waals surface area contributed by atoms with Gasteiger partial charge < -0.3 is 5.21 Å². The SMILES string of the molecule is CS(=O)(=O)c1ccc(C2=C(c3ccccc3)C(=NO)C2)cc1. The van der Waals surface area contributed by atoms with E-state index < -0.39 is 9.84 Å². The van der Waals surface area contributed by atoms with Crippen molar-refractivity contribution >= 4 is 26.7 Å². The highest BCUT2D eigenvalue weighted by Gasteiger charge is 2.28. The van der Waals surface area contributed by atoms with Crippen molar-refractivity contribution in [2.75, 3.05) is 6.26 Å². The van der Waals surface area contributed by atoms with Gasteiger partial charge in [0.2, 0.25) is 0 Å². The molecule has 0 heterocycles. The highest BCUT2D eigenvalue weighted by Crippen LogP contribution is 2.40. The molecule has 0 fully saturated rings. The van der Waals surface area contributed by atoms with Crippen LogP contribution in [0.2, 0.25) is 0 Å². The summed E-state index contributed by atoms with van der Waals surface area (Å²) >= 11 is 0. The number of benzene rings is 2. The quantitative estimate of drug-likeness (QED) is 0.699. The van der Waals surface area contributed by atoms with Crippen LogP contribution in [-0.4, -0.2) is 25.6 Å². The number of nitrogens with zero attached hydrogens (tertiary/aromatic N) is 1. The van der Waals surface area contributed by atoms with Crippen LogP contribution in [0, 0.1) is 0 Å². The molecule has 0 atom stereocenters. The van der Waals surface area contributed by atoms with Gasteiger partial charge in [0.15, 0.2) is 9.84 Å². The van der Waals surface area contributed by atoms with Crippen molar-refractivity contribution in [1.29, 1.82) is 0 Å². The summed E-state index contributed by atoms with van der Waals surface area (Å²) in [6, 6.07) is 16.5. The summed E-state index contributed by atoms with van der Waals surface area (Å²) in [5.74, 6) is 0. The van der Waals surface area contributed by atoms with E-state index >= 15 is 0 Å². The second kappa shape index (κ2) is 5.42. The highest BCUT2D eigenvalue weighted by molar-refractivity contribution is 7.90. The molecule has 0 saturated carbocycles. The van der Waals surface area contributed by atoms with E-state index in [0.29, 0.717) is 17.0 Å². The van der Waals surface area contributed by atoms with Crippen LogP contribution < -0.4 is 0 Å². The predicted octanol–water partition coefficient (Wildman–Crippen LogP) is 3.23. The Balaban J connectivity index is 2.07. The lowest BCUT2D eigenvalue weighted by Crippen LogP contribution is -2.16. The highest BCUT2D eigenvalue weighted by atomic mass is 32.2. The second-order valence-electron chi connectivity index (χ2n) is 5.24. The van der Waals surface area contributed by atoms with Gasteiger partial charge in [-0.15, -0.1) is 0 Å². The van der Waals surface area contributed by atoms with E-state index in [-0.39, 0.29) is 0 Å². The smallest absolute Gasteiger partial charge is 0.175 e. The Hall–Kier alpha value is -2.40. The zero-order chi connectivity index (χ0) is 15.7. The van der Waals surface area contributed by atoms with Crippen molar-refractivity contribution in [2.24, 2.45) is 5.16 Å². The number of oxime groups is 1. The average molecular weight is 313 g/mol. The van der Waals surface area contributed by atoms with Crippen molar-refractivity contribution in [3.63, 3.8) is 0 Å². The van der Waals surface area contributed by atoms with Crippen molar-refractivity contribution < 1.29 is 13.6 Å². The monoisotopic (exact) mass is 313 g/mol. The van der Waals surface area contributed by atoms with Gasteiger partial charge in [0.25, 0.3) is 0 Å². The van der Waals surface area contributed by atoms with Gasteiger partial charge >= 0.3 is 0 Å². The number of allylic oxidation sites excluding steroid dienone is 2. The molecule has 2 aromatic carbocycles. The summed E-state index contributed by atoms with van der Waals surface area (Å²) in [5.41, 5.74) is 4.55. The molecule has 1 aliphatic rings. The first-order valence-corrected chi connectivity index (χ1v) is 8.70. The molecular weight excluding hydrogens is 298 g/mol. The third kappa shape index (κ3) is 2.55. The predicted molar refractivity (Wildman–Crippen MR) is 86.6 cm³/mol. The van der Waals surface area contributed by atoms with Crippen LogP contribution in [0.1, 0.15) is 17.5 Å². The molecule has 0 spiro atoms. The Morgan fingerprint density at radius 2 is 1.59 bits per heavy atom. The molecule has 3 rings (SSSR count). The molecular formula is C17H15NO3S. The maximum absolute atomic E-state index is 11.5. The van der Waals surface area contributed by atoms with E-state index in [2.05, 4.69) is 5.16 Å². The molecule has 0 radical (unpaired) electrons. The van der Waals surface area contributed by atoms with E-state index in [1.807, 2.05) is 30.3 Å². The van der Waals surface area contributed by atoms with Crippen molar-refractivity contribution in [1.82, 2.24) is 0 Å². The van der Waals surface area contributed by atoms with Crippen LogP contribution in [-0.2, 0) is 9.84 Å². The average Bonchev–Trinajstić information content (AvgIpc) is 2.47. The Labute approximate surface area is 129 Å². The first-order valence-electron chi connectivity index (χ1n) is 6.81. The minimum absolute atomic E-state index is 0.300. The van der Waals surface area contributed by atoms with Gasteiger partial charge in [-0.3, -0.25) is 0 Å².